The highest BCUT2D eigenvalue weighted by Gasteiger charge is 2.42. The number of nitrogens with two attached hydrogens (primary N) is 1. The third-order valence-corrected chi connectivity index (χ3v) is 6.71. The van der Waals surface area contributed by atoms with Crippen molar-refractivity contribution in [3.05, 3.63) is 12.1 Å². The molecule has 0 bridgehead atoms. The monoisotopic (exact) mass is 408 g/mol. The first-order valence-electron chi connectivity index (χ1n) is 8.37. The summed E-state index contributed by atoms with van der Waals surface area (Å²) in [6.45, 7) is 2.28. The van der Waals surface area contributed by atoms with E-state index >= 15 is 0 Å². The highest BCUT2D eigenvalue weighted by molar-refractivity contribution is 7.89. The molecule has 1 saturated carbocycles. The van der Waals surface area contributed by atoms with Crippen molar-refractivity contribution in [2.75, 3.05) is 27.9 Å². The van der Waals surface area contributed by atoms with Gasteiger partial charge >= 0.3 is 0 Å². The molecular formula is C17H29ClN2O5S. The second-order valence-corrected chi connectivity index (χ2v) is 8.09. The SMILES string of the molecule is COc1cc(OC)c(S(=O)(=O)NC2(CN)CCCCC2C)c(OC)c1.Cl. The molecule has 0 amide bonds. The first-order valence-corrected chi connectivity index (χ1v) is 9.86. The average Bonchev–Trinajstić information content (AvgIpc) is 2.62. The Bertz CT molecular complexity index is 688. The molecular weight excluding hydrogens is 380 g/mol. The molecule has 1 aromatic carbocycles. The second kappa shape index (κ2) is 9.12. The molecule has 9 heteroatoms. The maximum atomic E-state index is 13.2. The lowest BCUT2D eigenvalue weighted by atomic mass is 9.74. The zero-order chi connectivity index (χ0) is 18.7. The van der Waals surface area contributed by atoms with Crippen LogP contribution in [0.3, 0.4) is 0 Å². The van der Waals surface area contributed by atoms with Gasteiger partial charge in [0, 0.05) is 24.2 Å². The number of nitrogens with one attached hydrogen (secondary N) is 1. The summed E-state index contributed by atoms with van der Waals surface area (Å²) >= 11 is 0. The zero-order valence-electron chi connectivity index (χ0n) is 15.7. The number of methoxy groups -OCH3 is 3. The van der Waals surface area contributed by atoms with Gasteiger partial charge in [-0.05, 0) is 18.8 Å². The molecule has 2 rings (SSSR count). The molecule has 0 heterocycles. The minimum atomic E-state index is -3.91. The van der Waals surface area contributed by atoms with Gasteiger partial charge in [-0.3, -0.25) is 0 Å². The molecule has 1 aliphatic rings. The smallest absolute Gasteiger partial charge is 0.248 e. The van der Waals surface area contributed by atoms with E-state index in [2.05, 4.69) is 4.72 Å². The lowest BCUT2D eigenvalue weighted by Gasteiger charge is -2.42. The molecule has 0 saturated heterocycles. The average molecular weight is 409 g/mol. The molecule has 0 aromatic heterocycles. The maximum absolute atomic E-state index is 13.2. The lowest BCUT2D eigenvalue weighted by Crippen LogP contribution is -2.59. The molecule has 7 nitrogen and oxygen atoms in total. The Kier molecular flexibility index (Phi) is 8.01. The maximum Gasteiger partial charge on any atom is 0.248 e. The van der Waals surface area contributed by atoms with E-state index in [1.54, 1.807) is 0 Å². The number of rotatable bonds is 7. The quantitative estimate of drug-likeness (QED) is 0.718. The summed E-state index contributed by atoms with van der Waals surface area (Å²) in [6.07, 6.45) is 3.68. The predicted octanol–water partition coefficient (Wildman–Crippen LogP) is 2.32. The number of hydrogen-bond donors (Lipinski definition) is 2. The van der Waals surface area contributed by atoms with Crippen LogP contribution in [0.4, 0.5) is 0 Å². The number of sulfonamides is 1. The van der Waals surface area contributed by atoms with Crippen molar-refractivity contribution in [1.82, 2.24) is 4.72 Å². The standard InChI is InChI=1S/C17H28N2O5S.ClH/c1-12-7-5-6-8-17(12,11-18)19-25(20,21)16-14(23-3)9-13(22-2)10-15(16)24-4;/h9-10,12,19H,5-8,11,18H2,1-4H3;1H. The van der Waals surface area contributed by atoms with Crippen LogP contribution in [0.25, 0.3) is 0 Å². The van der Waals surface area contributed by atoms with Crippen LogP contribution >= 0.6 is 12.4 Å². The van der Waals surface area contributed by atoms with Gasteiger partial charge in [0.15, 0.2) is 4.90 Å². The molecule has 150 valence electrons. The third-order valence-electron chi connectivity index (χ3n) is 5.09. The van der Waals surface area contributed by atoms with Gasteiger partial charge < -0.3 is 19.9 Å². The van der Waals surface area contributed by atoms with E-state index < -0.39 is 15.6 Å². The Balaban J connectivity index is 0.00000338. The summed E-state index contributed by atoms with van der Waals surface area (Å²) in [5.41, 5.74) is 5.33. The van der Waals surface area contributed by atoms with Gasteiger partial charge in [0.25, 0.3) is 0 Å². The predicted molar refractivity (Wildman–Crippen MR) is 103 cm³/mol. The van der Waals surface area contributed by atoms with Gasteiger partial charge in [0.2, 0.25) is 10.0 Å². The molecule has 2 atom stereocenters. The summed E-state index contributed by atoms with van der Waals surface area (Å²) in [5, 5.41) is 0. The van der Waals surface area contributed by atoms with Crippen molar-refractivity contribution in [1.29, 1.82) is 0 Å². The van der Waals surface area contributed by atoms with Crippen molar-refractivity contribution in [2.45, 2.75) is 43.0 Å². The van der Waals surface area contributed by atoms with E-state index in [0.717, 1.165) is 19.3 Å². The van der Waals surface area contributed by atoms with Crippen LogP contribution in [0.2, 0.25) is 0 Å². The van der Waals surface area contributed by atoms with E-state index in [9.17, 15) is 8.42 Å². The van der Waals surface area contributed by atoms with E-state index in [4.69, 9.17) is 19.9 Å². The number of ether oxygens (including phenoxy) is 3. The fourth-order valence-corrected chi connectivity index (χ4v) is 5.31. The summed E-state index contributed by atoms with van der Waals surface area (Å²) in [7, 11) is 0.408. The van der Waals surface area contributed by atoms with Gasteiger partial charge in [-0.15, -0.1) is 12.4 Å². The highest BCUT2D eigenvalue weighted by Crippen LogP contribution is 2.40. The number of halogens is 1. The summed E-state index contributed by atoms with van der Waals surface area (Å²) in [4.78, 5) is -0.0381. The van der Waals surface area contributed by atoms with Crippen LogP contribution in [-0.2, 0) is 10.0 Å². The Morgan fingerprint density at radius 3 is 2.15 bits per heavy atom. The molecule has 1 aromatic rings. The van der Waals surface area contributed by atoms with Crippen LogP contribution in [0.15, 0.2) is 17.0 Å². The first kappa shape index (κ1) is 22.8. The van der Waals surface area contributed by atoms with E-state index in [1.807, 2.05) is 6.92 Å². The normalized spacial score (nSPS) is 23.0. The van der Waals surface area contributed by atoms with Crippen molar-refractivity contribution in [3.8, 4) is 17.2 Å². The highest BCUT2D eigenvalue weighted by atomic mass is 35.5. The largest absolute Gasteiger partial charge is 0.496 e. The van der Waals surface area contributed by atoms with E-state index in [1.165, 1.54) is 33.5 Å². The van der Waals surface area contributed by atoms with Crippen molar-refractivity contribution < 1.29 is 22.6 Å². The molecule has 0 spiro atoms. The van der Waals surface area contributed by atoms with Crippen molar-refractivity contribution >= 4 is 22.4 Å². The Labute approximate surface area is 162 Å². The van der Waals surface area contributed by atoms with Gasteiger partial charge in [0.05, 0.1) is 21.3 Å². The topological polar surface area (TPSA) is 99.9 Å². The number of benzene rings is 1. The molecule has 1 aliphatic carbocycles. The zero-order valence-corrected chi connectivity index (χ0v) is 17.3. The van der Waals surface area contributed by atoms with Crippen molar-refractivity contribution in [3.63, 3.8) is 0 Å². The minimum absolute atomic E-state index is 0. The molecule has 2 unspecified atom stereocenters. The van der Waals surface area contributed by atoms with E-state index in [-0.39, 0.29) is 41.3 Å². The van der Waals surface area contributed by atoms with Crippen LogP contribution in [0.1, 0.15) is 32.6 Å². The first-order chi connectivity index (χ1) is 11.8. The van der Waals surface area contributed by atoms with Gasteiger partial charge in [-0.2, -0.15) is 0 Å². The van der Waals surface area contributed by atoms with Crippen LogP contribution in [0, 0.1) is 5.92 Å². The minimum Gasteiger partial charge on any atom is -0.496 e. The van der Waals surface area contributed by atoms with Gasteiger partial charge in [-0.1, -0.05) is 19.8 Å². The Hall–Kier alpha value is -1.22. The fraction of sp³-hybridized carbons (Fsp3) is 0.647. The van der Waals surface area contributed by atoms with Crippen molar-refractivity contribution in [2.24, 2.45) is 11.7 Å². The summed E-state index contributed by atoms with van der Waals surface area (Å²) in [5.74, 6) is 0.933. The Morgan fingerprint density at radius 1 is 1.15 bits per heavy atom. The lowest BCUT2D eigenvalue weighted by molar-refractivity contribution is 0.191. The summed E-state index contributed by atoms with van der Waals surface area (Å²) in [6, 6.07) is 3.05. The fourth-order valence-electron chi connectivity index (χ4n) is 3.47. The molecule has 0 aliphatic heterocycles. The van der Waals surface area contributed by atoms with Crippen LogP contribution in [-0.4, -0.2) is 41.8 Å². The molecule has 3 N–H and O–H groups in total. The van der Waals surface area contributed by atoms with Gasteiger partial charge in [0.1, 0.15) is 17.2 Å². The second-order valence-electron chi connectivity index (χ2n) is 6.47. The van der Waals surface area contributed by atoms with Gasteiger partial charge in [-0.25, -0.2) is 13.1 Å². The van der Waals surface area contributed by atoms with Crippen LogP contribution in [0.5, 0.6) is 17.2 Å². The molecule has 26 heavy (non-hydrogen) atoms. The van der Waals surface area contributed by atoms with Crippen LogP contribution < -0.4 is 24.7 Å². The molecule has 0 radical (unpaired) electrons. The van der Waals surface area contributed by atoms with E-state index in [0.29, 0.717) is 12.2 Å². The summed E-state index contributed by atoms with van der Waals surface area (Å²) < 4.78 is 45.0. The number of hydrogen-bond acceptors (Lipinski definition) is 6. The Morgan fingerprint density at radius 2 is 1.73 bits per heavy atom. The molecule has 1 fully saturated rings. The third kappa shape index (κ3) is 4.36.